The smallest absolute Gasteiger partial charge is 0.229 e. The normalized spacial score (nSPS) is 11.6. The Kier molecular flexibility index (Phi) is 5.32. The summed E-state index contributed by atoms with van der Waals surface area (Å²) < 4.78 is 38.7. The largest absolute Gasteiger partial charge is 0.324 e. The number of nitrogens with one attached hydrogen (secondary N) is 3. The lowest BCUT2D eigenvalue weighted by atomic mass is 10.3. The predicted molar refractivity (Wildman–Crippen MR) is 105 cm³/mol. The molecule has 2 aromatic heterocycles. The molecule has 0 fully saturated rings. The first-order valence-electron chi connectivity index (χ1n) is 8.60. The van der Waals surface area contributed by atoms with E-state index in [0.29, 0.717) is 17.3 Å². The summed E-state index contributed by atoms with van der Waals surface area (Å²) in [7, 11) is -3.75. The molecule has 0 aliphatic rings. The number of halogens is 1. The van der Waals surface area contributed by atoms with E-state index in [1.54, 1.807) is 12.3 Å². The second-order valence-corrected chi connectivity index (χ2v) is 9.05. The molecule has 0 unspecified atom stereocenters. The van der Waals surface area contributed by atoms with E-state index in [1.165, 1.54) is 26.0 Å². The Hall–Kier alpha value is -3.01. The van der Waals surface area contributed by atoms with Gasteiger partial charge in [0.1, 0.15) is 16.5 Å². The van der Waals surface area contributed by atoms with E-state index in [4.69, 9.17) is 0 Å². The first-order chi connectivity index (χ1) is 13.2. The highest BCUT2D eigenvalue weighted by Gasteiger charge is 2.23. The van der Waals surface area contributed by atoms with E-state index in [1.807, 2.05) is 13.8 Å². The number of aromatic nitrogens is 4. The molecule has 0 atom stereocenters. The predicted octanol–water partition coefficient (Wildman–Crippen LogP) is 3.62. The van der Waals surface area contributed by atoms with Crippen LogP contribution in [0, 0.1) is 19.7 Å². The highest BCUT2D eigenvalue weighted by Crippen LogP contribution is 2.25. The van der Waals surface area contributed by atoms with Crippen LogP contribution in [0.5, 0.6) is 0 Å². The summed E-state index contributed by atoms with van der Waals surface area (Å²) in [4.78, 5) is 8.10. The van der Waals surface area contributed by atoms with E-state index in [-0.39, 0.29) is 10.8 Å². The van der Waals surface area contributed by atoms with E-state index >= 15 is 0 Å². The van der Waals surface area contributed by atoms with Crippen LogP contribution in [-0.4, -0.2) is 33.8 Å². The summed E-state index contributed by atoms with van der Waals surface area (Å²) in [5.41, 5.74) is 2.28. The van der Waals surface area contributed by atoms with Crippen molar-refractivity contribution in [2.75, 3.05) is 10.6 Å². The van der Waals surface area contributed by atoms with Gasteiger partial charge < -0.3 is 10.6 Å². The van der Waals surface area contributed by atoms with Crippen LogP contribution in [0.2, 0.25) is 0 Å². The average molecular weight is 404 g/mol. The van der Waals surface area contributed by atoms with Gasteiger partial charge in [-0.05, 0) is 52.0 Å². The Morgan fingerprint density at radius 3 is 2.54 bits per heavy atom. The van der Waals surface area contributed by atoms with Crippen molar-refractivity contribution in [3.05, 3.63) is 47.5 Å². The summed E-state index contributed by atoms with van der Waals surface area (Å²) in [6.45, 7) is 6.85. The third-order valence-corrected chi connectivity index (χ3v) is 6.44. The molecular weight excluding hydrogens is 383 g/mol. The van der Waals surface area contributed by atoms with Gasteiger partial charge in [-0.25, -0.2) is 17.8 Å². The molecule has 8 nitrogen and oxygen atoms in total. The summed E-state index contributed by atoms with van der Waals surface area (Å²) in [6.07, 6.45) is 1.54. The molecule has 3 aromatic rings. The van der Waals surface area contributed by atoms with Crippen molar-refractivity contribution in [2.24, 2.45) is 0 Å². The molecule has 0 bridgehead atoms. The third kappa shape index (κ3) is 3.96. The lowest BCUT2D eigenvalue weighted by Gasteiger charge is -2.12. The van der Waals surface area contributed by atoms with Crippen LogP contribution in [-0.2, 0) is 9.84 Å². The highest BCUT2D eigenvalue weighted by atomic mass is 32.2. The molecule has 0 radical (unpaired) electrons. The number of H-pyrrole nitrogens is 1. The van der Waals surface area contributed by atoms with Gasteiger partial charge in [0.2, 0.25) is 5.95 Å². The highest BCUT2D eigenvalue weighted by molar-refractivity contribution is 7.92. The maximum atomic E-state index is 14.1. The molecule has 3 rings (SSSR count). The Bertz CT molecular complexity index is 1110. The SMILES string of the molecule is Cc1[nH]nc(Nc2ccnc(Nc3ccc(F)c(S(=O)(=O)C(C)C)c3)n2)c1C. The van der Waals surface area contributed by atoms with E-state index in [0.717, 1.165) is 17.3 Å². The van der Waals surface area contributed by atoms with Crippen LogP contribution >= 0.6 is 0 Å². The van der Waals surface area contributed by atoms with Gasteiger partial charge in [-0.1, -0.05) is 0 Å². The van der Waals surface area contributed by atoms with Gasteiger partial charge in [-0.3, -0.25) is 5.10 Å². The number of nitrogens with zero attached hydrogens (tertiary/aromatic N) is 3. The zero-order chi connectivity index (χ0) is 20.5. The van der Waals surface area contributed by atoms with E-state index in [2.05, 4.69) is 30.8 Å². The van der Waals surface area contributed by atoms with Crippen LogP contribution in [0.3, 0.4) is 0 Å². The summed E-state index contributed by atoms with van der Waals surface area (Å²) in [6, 6.07) is 5.46. The minimum atomic E-state index is -3.75. The third-order valence-electron chi connectivity index (χ3n) is 4.27. The minimum Gasteiger partial charge on any atom is -0.324 e. The van der Waals surface area contributed by atoms with Crippen molar-refractivity contribution in [3.63, 3.8) is 0 Å². The fourth-order valence-electron chi connectivity index (χ4n) is 2.40. The first kappa shape index (κ1) is 19.7. The van der Waals surface area contributed by atoms with Crippen LogP contribution in [0.15, 0.2) is 35.4 Å². The molecule has 148 valence electrons. The van der Waals surface area contributed by atoms with Gasteiger partial charge in [0.25, 0.3) is 0 Å². The van der Waals surface area contributed by atoms with Gasteiger partial charge in [0, 0.05) is 23.1 Å². The topological polar surface area (TPSA) is 113 Å². The lowest BCUT2D eigenvalue weighted by molar-refractivity contribution is 0.561. The van der Waals surface area contributed by atoms with Crippen LogP contribution < -0.4 is 10.6 Å². The van der Waals surface area contributed by atoms with Crippen LogP contribution in [0.1, 0.15) is 25.1 Å². The molecule has 0 aliphatic heterocycles. The van der Waals surface area contributed by atoms with Crippen molar-refractivity contribution < 1.29 is 12.8 Å². The van der Waals surface area contributed by atoms with Gasteiger partial charge in [0.05, 0.1) is 5.25 Å². The van der Waals surface area contributed by atoms with Crippen molar-refractivity contribution in [1.82, 2.24) is 20.2 Å². The molecule has 28 heavy (non-hydrogen) atoms. The number of hydrogen-bond donors (Lipinski definition) is 3. The molecule has 0 aliphatic carbocycles. The summed E-state index contributed by atoms with van der Waals surface area (Å²) in [5, 5.41) is 12.3. The fraction of sp³-hybridized carbons (Fsp3) is 0.278. The quantitative estimate of drug-likeness (QED) is 0.575. The van der Waals surface area contributed by atoms with E-state index < -0.39 is 20.9 Å². The Morgan fingerprint density at radius 1 is 1.14 bits per heavy atom. The van der Waals surface area contributed by atoms with E-state index in [9.17, 15) is 12.8 Å². The average Bonchev–Trinajstić information content (AvgIpc) is 2.95. The number of sulfone groups is 1. The van der Waals surface area contributed by atoms with Crippen molar-refractivity contribution in [2.45, 2.75) is 37.8 Å². The monoisotopic (exact) mass is 404 g/mol. The lowest BCUT2D eigenvalue weighted by Crippen LogP contribution is -2.15. The van der Waals surface area contributed by atoms with Crippen LogP contribution in [0.4, 0.5) is 27.7 Å². The second kappa shape index (κ2) is 7.55. The maximum Gasteiger partial charge on any atom is 0.229 e. The number of hydrogen-bond acceptors (Lipinski definition) is 7. The molecule has 2 heterocycles. The maximum absolute atomic E-state index is 14.1. The number of rotatable bonds is 6. The molecule has 0 saturated heterocycles. The van der Waals surface area contributed by atoms with Gasteiger partial charge in [-0.15, -0.1) is 0 Å². The minimum absolute atomic E-state index is 0.231. The molecule has 0 amide bonds. The molecule has 0 saturated carbocycles. The molecule has 1 aromatic carbocycles. The van der Waals surface area contributed by atoms with Gasteiger partial charge in [0.15, 0.2) is 15.7 Å². The first-order valence-corrected chi connectivity index (χ1v) is 10.1. The number of benzene rings is 1. The molecule has 0 spiro atoms. The van der Waals surface area contributed by atoms with Crippen LogP contribution in [0.25, 0.3) is 0 Å². The molecular formula is C18H21FN6O2S. The second-order valence-electron chi connectivity index (χ2n) is 6.58. The van der Waals surface area contributed by atoms with Gasteiger partial charge in [-0.2, -0.15) is 10.1 Å². The number of anilines is 4. The number of aromatic amines is 1. The molecule has 10 heteroatoms. The Morgan fingerprint density at radius 2 is 1.89 bits per heavy atom. The fourth-order valence-corrected chi connectivity index (χ4v) is 3.54. The zero-order valence-corrected chi connectivity index (χ0v) is 16.7. The molecule has 3 N–H and O–H groups in total. The standard InChI is InChI=1S/C18H21FN6O2S/c1-10(2)28(26,27)15-9-13(5-6-14(15)19)21-18-20-8-7-16(23-18)22-17-11(3)12(4)24-25-17/h5-10H,1-4H3,(H3,20,21,22,23,24,25). The Balaban J connectivity index is 1.86. The van der Waals surface area contributed by atoms with Crippen molar-refractivity contribution in [3.8, 4) is 0 Å². The van der Waals surface area contributed by atoms with Gasteiger partial charge >= 0.3 is 0 Å². The van der Waals surface area contributed by atoms with Crippen molar-refractivity contribution in [1.29, 1.82) is 0 Å². The summed E-state index contributed by atoms with van der Waals surface area (Å²) in [5.74, 6) is 0.591. The summed E-state index contributed by atoms with van der Waals surface area (Å²) >= 11 is 0. The Labute approximate surface area is 162 Å². The zero-order valence-electron chi connectivity index (χ0n) is 15.9. The van der Waals surface area contributed by atoms with Crippen molar-refractivity contribution >= 4 is 33.1 Å². The number of aryl methyl sites for hydroxylation is 1.